The summed E-state index contributed by atoms with van der Waals surface area (Å²) in [6, 6.07) is 21.4. The molecule has 1 fully saturated rings. The minimum Gasteiger partial charge on any atom is -0.405 e. The predicted octanol–water partition coefficient (Wildman–Crippen LogP) is 3.74. The summed E-state index contributed by atoms with van der Waals surface area (Å²) in [5.74, 6) is 6.14. The molecule has 2 atom stereocenters. The van der Waals surface area contributed by atoms with Crippen molar-refractivity contribution in [2.75, 3.05) is 6.61 Å². The fourth-order valence-electron chi connectivity index (χ4n) is 3.77. The van der Waals surface area contributed by atoms with Crippen LogP contribution < -0.4 is 10.4 Å². The summed E-state index contributed by atoms with van der Waals surface area (Å²) in [5.41, 5.74) is -0.361. The highest BCUT2D eigenvalue weighted by Crippen LogP contribution is 2.40. The smallest absolute Gasteiger partial charge is 0.261 e. The average Bonchev–Trinajstić information content (AvgIpc) is 3.26. The van der Waals surface area contributed by atoms with Crippen molar-refractivity contribution in [3.05, 3.63) is 60.7 Å². The molecule has 1 aliphatic heterocycles. The molecule has 26 heavy (non-hydrogen) atoms. The van der Waals surface area contributed by atoms with E-state index in [1.165, 1.54) is 10.4 Å². The number of hydrogen-bond donors (Lipinski definition) is 0. The molecule has 0 spiro atoms. The summed E-state index contributed by atoms with van der Waals surface area (Å²) >= 11 is 0. The van der Waals surface area contributed by atoms with Crippen molar-refractivity contribution in [1.82, 2.24) is 0 Å². The van der Waals surface area contributed by atoms with Gasteiger partial charge in [-0.25, -0.2) is 0 Å². The molecule has 3 heteroatoms. The van der Waals surface area contributed by atoms with Gasteiger partial charge in [-0.05, 0) is 29.3 Å². The van der Waals surface area contributed by atoms with E-state index in [4.69, 9.17) is 9.16 Å². The Morgan fingerprint density at radius 3 is 1.92 bits per heavy atom. The minimum atomic E-state index is -2.49. The van der Waals surface area contributed by atoms with Gasteiger partial charge in [-0.2, -0.15) is 0 Å². The van der Waals surface area contributed by atoms with Crippen molar-refractivity contribution < 1.29 is 9.16 Å². The topological polar surface area (TPSA) is 21.8 Å². The maximum atomic E-state index is 6.88. The average molecular weight is 365 g/mol. The molecule has 1 aliphatic rings. The molecule has 0 aliphatic carbocycles. The van der Waals surface area contributed by atoms with Gasteiger partial charge in [-0.15, -0.1) is 5.92 Å². The quantitative estimate of drug-likeness (QED) is 0.458. The van der Waals surface area contributed by atoms with Crippen molar-refractivity contribution >= 4 is 18.7 Å². The van der Waals surface area contributed by atoms with E-state index in [1.807, 2.05) is 13.8 Å². The summed E-state index contributed by atoms with van der Waals surface area (Å²) in [6.07, 6.45) is 0.0385. The molecule has 0 N–H and O–H groups in total. The second-order valence-corrected chi connectivity index (χ2v) is 12.4. The predicted molar refractivity (Wildman–Crippen MR) is 110 cm³/mol. The molecule has 2 aromatic rings. The largest absolute Gasteiger partial charge is 0.405 e. The van der Waals surface area contributed by atoms with Gasteiger partial charge in [-0.3, -0.25) is 0 Å². The summed E-state index contributed by atoms with van der Waals surface area (Å²) < 4.78 is 12.7. The summed E-state index contributed by atoms with van der Waals surface area (Å²) in [6.45, 7) is 11.3. The second kappa shape index (κ2) is 7.04. The molecule has 2 nitrogen and oxygen atoms in total. The Kier molecular flexibility index (Phi) is 5.12. The maximum absolute atomic E-state index is 6.88. The number of benzene rings is 2. The van der Waals surface area contributed by atoms with Crippen LogP contribution in [-0.4, -0.2) is 26.6 Å². The number of hydrogen-bond acceptors (Lipinski definition) is 2. The number of ether oxygens (including phenoxy) is 1. The van der Waals surface area contributed by atoms with Crippen LogP contribution in [0.4, 0.5) is 0 Å². The Morgan fingerprint density at radius 1 is 1.00 bits per heavy atom. The Labute approximate surface area is 158 Å². The van der Waals surface area contributed by atoms with E-state index in [9.17, 15) is 0 Å². The zero-order valence-corrected chi connectivity index (χ0v) is 17.4. The highest BCUT2D eigenvalue weighted by Gasteiger charge is 2.55. The molecule has 0 aromatic heterocycles. The van der Waals surface area contributed by atoms with Crippen LogP contribution in [-0.2, 0) is 9.16 Å². The third kappa shape index (κ3) is 3.37. The Bertz CT molecular complexity index is 759. The van der Waals surface area contributed by atoms with E-state index in [0.29, 0.717) is 6.61 Å². The van der Waals surface area contributed by atoms with E-state index < -0.39 is 8.32 Å². The molecule has 2 aromatic carbocycles. The van der Waals surface area contributed by atoms with Crippen molar-refractivity contribution in [2.24, 2.45) is 0 Å². The molecule has 0 bridgehead atoms. The molecule has 0 unspecified atom stereocenters. The first kappa shape index (κ1) is 18.9. The van der Waals surface area contributed by atoms with Crippen molar-refractivity contribution in [3.8, 4) is 11.8 Å². The Morgan fingerprint density at radius 2 is 1.50 bits per heavy atom. The Hall–Kier alpha value is -1.86. The lowest BCUT2D eigenvalue weighted by Gasteiger charge is -2.43. The molecule has 0 saturated carbocycles. The van der Waals surface area contributed by atoms with Gasteiger partial charge < -0.3 is 9.16 Å². The molecule has 0 radical (unpaired) electrons. The third-order valence-electron chi connectivity index (χ3n) is 5.19. The van der Waals surface area contributed by atoms with Crippen LogP contribution in [0.3, 0.4) is 0 Å². The Balaban J connectivity index is 2.02. The molecule has 1 heterocycles. The van der Waals surface area contributed by atoms with Crippen molar-refractivity contribution in [3.63, 3.8) is 0 Å². The van der Waals surface area contributed by atoms with Gasteiger partial charge in [0, 0.05) is 0 Å². The molecule has 1 saturated heterocycles. The van der Waals surface area contributed by atoms with E-state index in [0.717, 1.165) is 0 Å². The first-order valence-electron chi connectivity index (χ1n) is 9.20. The SMILES string of the molecule is CC#C[C@]1(C)O[C@H]1CO[Si](c1ccccc1)(c1ccccc1)C(C)(C)C. The highest BCUT2D eigenvalue weighted by atomic mass is 28.4. The van der Waals surface area contributed by atoms with Crippen LogP contribution in [0, 0.1) is 11.8 Å². The van der Waals surface area contributed by atoms with Crippen molar-refractivity contribution in [1.29, 1.82) is 0 Å². The van der Waals surface area contributed by atoms with Crippen LogP contribution in [0.15, 0.2) is 60.7 Å². The zero-order chi connectivity index (χ0) is 18.8. The second-order valence-electron chi connectivity index (χ2n) is 8.06. The van der Waals surface area contributed by atoms with Gasteiger partial charge in [0.15, 0.2) is 5.60 Å². The lowest BCUT2D eigenvalue weighted by atomic mass is 10.1. The maximum Gasteiger partial charge on any atom is 0.261 e. The normalized spacial score (nSPS) is 22.4. The van der Waals surface area contributed by atoms with Gasteiger partial charge in [-0.1, -0.05) is 87.4 Å². The van der Waals surface area contributed by atoms with Crippen LogP contribution >= 0.6 is 0 Å². The summed E-state index contributed by atoms with van der Waals surface area (Å²) in [7, 11) is -2.49. The van der Waals surface area contributed by atoms with Gasteiger partial charge in [0.05, 0.1) is 6.61 Å². The lowest BCUT2D eigenvalue weighted by Crippen LogP contribution is -2.66. The molecule has 3 rings (SSSR count). The van der Waals surface area contributed by atoms with Gasteiger partial charge in [0.2, 0.25) is 0 Å². The first-order valence-corrected chi connectivity index (χ1v) is 11.1. The number of rotatable bonds is 5. The highest BCUT2D eigenvalue weighted by molar-refractivity contribution is 6.99. The fraction of sp³-hybridized carbons (Fsp3) is 0.391. The summed E-state index contributed by atoms with van der Waals surface area (Å²) in [4.78, 5) is 0. The van der Waals surface area contributed by atoms with Gasteiger partial charge in [0.1, 0.15) is 6.10 Å². The number of epoxide rings is 1. The van der Waals surface area contributed by atoms with Crippen LogP contribution in [0.25, 0.3) is 0 Å². The fourth-order valence-corrected chi connectivity index (χ4v) is 8.33. The van der Waals surface area contributed by atoms with E-state index in [1.54, 1.807) is 0 Å². The summed E-state index contributed by atoms with van der Waals surface area (Å²) in [5, 5.41) is 2.57. The lowest BCUT2D eigenvalue weighted by molar-refractivity contribution is 0.246. The molecular formula is C23H28O2Si. The van der Waals surface area contributed by atoms with Crippen LogP contribution in [0.1, 0.15) is 34.6 Å². The molecule has 136 valence electrons. The van der Waals surface area contributed by atoms with E-state index in [-0.39, 0.29) is 16.7 Å². The standard InChI is InChI=1S/C23H28O2Si/c1-6-17-23(5)21(25-23)18-24-26(22(2,3)4,19-13-9-7-10-14-19)20-15-11-8-12-16-20/h7-16,21H,18H2,1-5H3/t21-,23-/m0/s1. The van der Waals surface area contributed by atoms with Crippen molar-refractivity contribution in [2.45, 2.75) is 51.4 Å². The zero-order valence-electron chi connectivity index (χ0n) is 16.4. The van der Waals surface area contributed by atoms with Crippen LogP contribution in [0.5, 0.6) is 0 Å². The van der Waals surface area contributed by atoms with Crippen LogP contribution in [0.2, 0.25) is 5.04 Å². The molecular weight excluding hydrogens is 336 g/mol. The minimum absolute atomic E-state index is 0.0164. The third-order valence-corrected chi connectivity index (χ3v) is 10.2. The van der Waals surface area contributed by atoms with Gasteiger partial charge in [0.25, 0.3) is 8.32 Å². The monoisotopic (exact) mass is 364 g/mol. The molecule has 0 amide bonds. The van der Waals surface area contributed by atoms with Gasteiger partial charge >= 0.3 is 0 Å². The first-order chi connectivity index (χ1) is 12.3. The van der Waals surface area contributed by atoms with E-state index >= 15 is 0 Å². The van der Waals surface area contributed by atoms with E-state index in [2.05, 4.69) is 93.3 Å².